The van der Waals surface area contributed by atoms with Crippen molar-refractivity contribution >= 4 is 5.69 Å². The fraction of sp³-hybridized carbons (Fsp3) is 0.600. The lowest BCUT2D eigenvalue weighted by Crippen LogP contribution is -2.36. The first-order valence-corrected chi connectivity index (χ1v) is 7.09. The van der Waals surface area contributed by atoms with Crippen LogP contribution in [0.2, 0.25) is 0 Å². The van der Waals surface area contributed by atoms with Crippen LogP contribution < -0.4 is 10.1 Å². The Kier molecular flexibility index (Phi) is 5.05. The summed E-state index contributed by atoms with van der Waals surface area (Å²) in [6, 6.07) is 6.79. The molecule has 0 spiro atoms. The summed E-state index contributed by atoms with van der Waals surface area (Å²) in [6.45, 7) is 7.88. The van der Waals surface area contributed by atoms with Crippen LogP contribution in [-0.2, 0) is 6.42 Å². The number of likely N-dealkylation sites (N-methyl/N-ethyl adjacent to an activating group) is 1. The van der Waals surface area contributed by atoms with Gasteiger partial charge >= 0.3 is 0 Å². The Balaban J connectivity index is 2.02. The van der Waals surface area contributed by atoms with Crippen molar-refractivity contribution in [2.45, 2.75) is 26.3 Å². The maximum Gasteiger partial charge on any atom is 0.142 e. The van der Waals surface area contributed by atoms with Gasteiger partial charge in [0.25, 0.3) is 0 Å². The summed E-state index contributed by atoms with van der Waals surface area (Å²) in [7, 11) is 0. The number of fused-ring (bicyclic) bond motifs is 1. The summed E-state index contributed by atoms with van der Waals surface area (Å²) >= 11 is 0. The van der Waals surface area contributed by atoms with E-state index in [1.165, 1.54) is 5.56 Å². The average Bonchev–Trinajstić information content (AvgIpc) is 2.44. The highest BCUT2D eigenvalue weighted by Crippen LogP contribution is 2.28. The van der Waals surface area contributed by atoms with E-state index in [0.717, 1.165) is 44.1 Å². The second-order valence-corrected chi connectivity index (χ2v) is 5.01. The number of hydrogen-bond donors (Lipinski definition) is 2. The number of ether oxygens (including phenoxy) is 1. The van der Waals surface area contributed by atoms with Crippen LogP contribution in [0.4, 0.5) is 5.69 Å². The zero-order valence-corrected chi connectivity index (χ0v) is 11.9. The molecular weight excluding hydrogens is 240 g/mol. The number of aliphatic hydroxyl groups is 1. The molecule has 1 aliphatic heterocycles. The summed E-state index contributed by atoms with van der Waals surface area (Å²) in [5.41, 5.74) is 2.40. The molecule has 1 aromatic rings. The molecule has 1 aromatic carbocycles. The maximum absolute atomic E-state index is 9.07. The minimum absolute atomic E-state index is 0.220. The number of hydrogen-bond acceptors (Lipinski definition) is 4. The van der Waals surface area contributed by atoms with Gasteiger partial charge in [0.15, 0.2) is 0 Å². The Bertz CT molecular complexity index is 409. The van der Waals surface area contributed by atoms with Crippen molar-refractivity contribution in [3.63, 3.8) is 0 Å². The van der Waals surface area contributed by atoms with Crippen LogP contribution in [0.3, 0.4) is 0 Å². The molecule has 0 aliphatic carbocycles. The van der Waals surface area contributed by atoms with Crippen LogP contribution in [-0.4, -0.2) is 48.9 Å². The third-order valence-corrected chi connectivity index (χ3v) is 3.67. The first-order valence-electron chi connectivity index (χ1n) is 7.09. The average molecular weight is 264 g/mol. The molecule has 0 bridgehead atoms. The SMILES string of the molecule is CCN(CCO)C(C)Cc1ccc2c(c1)NCCO2. The summed E-state index contributed by atoms with van der Waals surface area (Å²) < 4.78 is 5.58. The number of anilines is 1. The lowest BCUT2D eigenvalue weighted by Gasteiger charge is -2.27. The van der Waals surface area contributed by atoms with Gasteiger partial charge in [0.1, 0.15) is 12.4 Å². The highest BCUT2D eigenvalue weighted by molar-refractivity contribution is 5.59. The Morgan fingerprint density at radius 2 is 2.32 bits per heavy atom. The van der Waals surface area contributed by atoms with E-state index in [9.17, 15) is 0 Å². The van der Waals surface area contributed by atoms with E-state index in [-0.39, 0.29) is 6.61 Å². The smallest absolute Gasteiger partial charge is 0.142 e. The van der Waals surface area contributed by atoms with Crippen molar-refractivity contribution in [1.82, 2.24) is 4.90 Å². The molecule has 0 saturated carbocycles. The zero-order valence-electron chi connectivity index (χ0n) is 11.9. The van der Waals surface area contributed by atoms with Crippen LogP contribution in [0.1, 0.15) is 19.4 Å². The van der Waals surface area contributed by atoms with Crippen molar-refractivity contribution in [3.05, 3.63) is 23.8 Å². The topological polar surface area (TPSA) is 44.7 Å². The summed E-state index contributed by atoms with van der Waals surface area (Å²) in [6.07, 6.45) is 0.989. The van der Waals surface area contributed by atoms with Crippen molar-refractivity contribution in [1.29, 1.82) is 0 Å². The molecule has 1 atom stereocenters. The van der Waals surface area contributed by atoms with E-state index < -0.39 is 0 Å². The number of nitrogens with zero attached hydrogens (tertiary/aromatic N) is 1. The van der Waals surface area contributed by atoms with Gasteiger partial charge in [-0.05, 0) is 37.6 Å². The molecule has 106 valence electrons. The zero-order chi connectivity index (χ0) is 13.7. The lowest BCUT2D eigenvalue weighted by molar-refractivity contribution is 0.164. The van der Waals surface area contributed by atoms with Crippen molar-refractivity contribution < 1.29 is 9.84 Å². The number of rotatable bonds is 6. The van der Waals surface area contributed by atoms with Crippen LogP contribution >= 0.6 is 0 Å². The van der Waals surface area contributed by atoms with Crippen LogP contribution in [0.15, 0.2) is 18.2 Å². The number of benzene rings is 1. The maximum atomic E-state index is 9.07. The van der Waals surface area contributed by atoms with Gasteiger partial charge in [0.2, 0.25) is 0 Å². The van der Waals surface area contributed by atoms with Gasteiger partial charge in [-0.3, -0.25) is 4.90 Å². The molecule has 0 fully saturated rings. The molecule has 1 unspecified atom stereocenters. The van der Waals surface area contributed by atoms with E-state index in [4.69, 9.17) is 9.84 Å². The van der Waals surface area contributed by atoms with Gasteiger partial charge in [-0.15, -0.1) is 0 Å². The Morgan fingerprint density at radius 3 is 3.05 bits per heavy atom. The molecule has 0 radical (unpaired) electrons. The molecular formula is C15H24N2O2. The predicted molar refractivity (Wildman–Crippen MR) is 77.9 cm³/mol. The van der Waals surface area contributed by atoms with Crippen LogP contribution in [0, 0.1) is 0 Å². The molecule has 19 heavy (non-hydrogen) atoms. The largest absolute Gasteiger partial charge is 0.490 e. The molecule has 2 rings (SSSR count). The van der Waals surface area contributed by atoms with Gasteiger partial charge in [-0.2, -0.15) is 0 Å². The van der Waals surface area contributed by atoms with E-state index in [1.54, 1.807) is 0 Å². The first-order chi connectivity index (χ1) is 9.24. The third-order valence-electron chi connectivity index (χ3n) is 3.67. The summed E-state index contributed by atoms with van der Waals surface area (Å²) in [4.78, 5) is 2.30. The van der Waals surface area contributed by atoms with E-state index in [1.807, 2.05) is 6.07 Å². The third kappa shape index (κ3) is 3.61. The summed E-state index contributed by atoms with van der Waals surface area (Å²) in [5.74, 6) is 0.949. The molecule has 1 aliphatic rings. The minimum atomic E-state index is 0.220. The molecule has 4 heteroatoms. The Labute approximate surface area is 115 Å². The quantitative estimate of drug-likeness (QED) is 0.821. The molecule has 4 nitrogen and oxygen atoms in total. The second-order valence-electron chi connectivity index (χ2n) is 5.01. The fourth-order valence-electron chi connectivity index (χ4n) is 2.60. The Morgan fingerprint density at radius 1 is 1.47 bits per heavy atom. The van der Waals surface area contributed by atoms with Gasteiger partial charge in [0, 0.05) is 19.1 Å². The van der Waals surface area contributed by atoms with Gasteiger partial charge in [-0.1, -0.05) is 13.0 Å². The second kappa shape index (κ2) is 6.78. The van der Waals surface area contributed by atoms with E-state index >= 15 is 0 Å². The molecule has 0 aromatic heterocycles. The monoisotopic (exact) mass is 264 g/mol. The van der Waals surface area contributed by atoms with Crippen molar-refractivity contribution in [3.8, 4) is 5.75 Å². The Hall–Kier alpha value is -1.26. The molecule has 2 N–H and O–H groups in total. The van der Waals surface area contributed by atoms with Crippen molar-refractivity contribution in [2.75, 3.05) is 38.2 Å². The number of aliphatic hydroxyl groups excluding tert-OH is 1. The fourth-order valence-corrected chi connectivity index (χ4v) is 2.60. The van der Waals surface area contributed by atoms with Gasteiger partial charge in [0.05, 0.1) is 12.3 Å². The number of nitrogens with one attached hydrogen (secondary N) is 1. The van der Waals surface area contributed by atoms with Gasteiger partial charge < -0.3 is 15.2 Å². The summed E-state index contributed by atoms with van der Waals surface area (Å²) in [5, 5.41) is 12.4. The highest BCUT2D eigenvalue weighted by atomic mass is 16.5. The van der Waals surface area contributed by atoms with Crippen LogP contribution in [0.25, 0.3) is 0 Å². The standard InChI is InChI=1S/C15H24N2O2/c1-3-17(7-8-18)12(2)10-13-4-5-15-14(11-13)16-6-9-19-15/h4-5,11-12,16,18H,3,6-10H2,1-2H3. The lowest BCUT2D eigenvalue weighted by atomic mass is 10.0. The van der Waals surface area contributed by atoms with Gasteiger partial charge in [-0.25, -0.2) is 0 Å². The first kappa shape index (κ1) is 14.2. The van der Waals surface area contributed by atoms with Crippen molar-refractivity contribution in [2.24, 2.45) is 0 Å². The normalized spacial score (nSPS) is 15.6. The molecule has 1 heterocycles. The molecule has 0 amide bonds. The predicted octanol–water partition coefficient (Wildman–Crippen LogP) is 1.74. The van der Waals surface area contributed by atoms with E-state index in [0.29, 0.717) is 6.04 Å². The van der Waals surface area contributed by atoms with E-state index in [2.05, 4.69) is 36.2 Å². The highest BCUT2D eigenvalue weighted by Gasteiger charge is 2.14. The minimum Gasteiger partial charge on any atom is -0.490 e. The van der Waals surface area contributed by atoms with Crippen LogP contribution in [0.5, 0.6) is 5.75 Å². The molecule has 0 saturated heterocycles.